The van der Waals surface area contributed by atoms with E-state index < -0.39 is 14.3 Å². The molecular formula is C26H43N3O4Si. The third-order valence-electron chi connectivity index (χ3n) is 6.90. The smallest absolute Gasteiger partial charge is 0.343 e. The zero-order valence-electron chi connectivity index (χ0n) is 22.8. The normalized spacial score (nSPS) is 13.7. The molecule has 1 aromatic heterocycles. The Labute approximate surface area is 205 Å². The number of hydrogen-bond donors (Lipinski definition) is 1. The summed E-state index contributed by atoms with van der Waals surface area (Å²) in [5.74, 6) is -0.628. The predicted octanol–water partition coefficient (Wildman–Crippen LogP) is 5.44. The third-order valence-corrected chi connectivity index (χ3v) is 11.4. The number of nitrogens with zero attached hydrogens (tertiary/aromatic N) is 2. The van der Waals surface area contributed by atoms with Gasteiger partial charge in [0.25, 0.3) is 0 Å². The molecule has 0 aliphatic heterocycles. The lowest BCUT2D eigenvalue weighted by Crippen LogP contribution is -2.43. The Kier molecular flexibility index (Phi) is 7.99. The first-order valence-electron chi connectivity index (χ1n) is 11.9. The molecule has 34 heavy (non-hydrogen) atoms. The van der Waals surface area contributed by atoms with Gasteiger partial charge in [0.2, 0.25) is 5.43 Å². The van der Waals surface area contributed by atoms with Crippen LogP contribution in [0.15, 0.2) is 23.1 Å². The van der Waals surface area contributed by atoms with Gasteiger partial charge in [-0.2, -0.15) is 0 Å². The minimum Gasteiger partial charge on any atom is -0.462 e. The highest BCUT2D eigenvalue weighted by atomic mass is 28.4. The highest BCUT2D eigenvalue weighted by Crippen LogP contribution is 2.40. The average Bonchev–Trinajstić information content (AvgIpc) is 2.67. The molecule has 2 N–H and O–H groups in total. The summed E-state index contributed by atoms with van der Waals surface area (Å²) in [5, 5.41) is 0.458. The molecule has 0 spiro atoms. The molecule has 0 saturated heterocycles. The molecule has 0 aliphatic rings. The topological polar surface area (TPSA) is 86.8 Å². The number of rotatable bonds is 7. The van der Waals surface area contributed by atoms with Crippen molar-refractivity contribution in [1.82, 2.24) is 4.57 Å². The van der Waals surface area contributed by atoms with Crippen LogP contribution in [0.4, 0.5) is 11.4 Å². The molecule has 0 amide bonds. The Hall–Kier alpha value is -2.32. The highest BCUT2D eigenvalue weighted by Gasteiger charge is 2.39. The number of nitrogens with two attached hydrogens (primary N) is 1. The van der Waals surface area contributed by atoms with E-state index in [-0.39, 0.29) is 34.1 Å². The summed E-state index contributed by atoms with van der Waals surface area (Å²) in [6, 6.07) is 3.45. The molecule has 0 aliphatic carbocycles. The summed E-state index contributed by atoms with van der Waals surface area (Å²) in [6.07, 6.45) is 1.64. The summed E-state index contributed by atoms with van der Waals surface area (Å²) in [6.45, 7) is 19.9. The summed E-state index contributed by atoms with van der Waals surface area (Å²) >= 11 is 0. The lowest BCUT2D eigenvalue weighted by Gasteiger charge is -2.41. The highest BCUT2D eigenvalue weighted by molar-refractivity contribution is 6.74. The van der Waals surface area contributed by atoms with Gasteiger partial charge in [0, 0.05) is 25.7 Å². The molecule has 1 aromatic carbocycles. The van der Waals surface area contributed by atoms with Gasteiger partial charge in [-0.1, -0.05) is 41.5 Å². The van der Waals surface area contributed by atoms with Crippen molar-refractivity contribution >= 4 is 36.6 Å². The van der Waals surface area contributed by atoms with Crippen molar-refractivity contribution in [2.24, 2.45) is 5.41 Å². The molecule has 0 saturated carbocycles. The maximum absolute atomic E-state index is 13.3. The average molecular weight is 490 g/mol. The largest absolute Gasteiger partial charge is 0.462 e. The Morgan fingerprint density at radius 1 is 1.15 bits per heavy atom. The maximum atomic E-state index is 13.3. The first-order chi connectivity index (χ1) is 15.4. The van der Waals surface area contributed by atoms with Gasteiger partial charge in [-0.15, -0.1) is 0 Å². The fourth-order valence-electron chi connectivity index (χ4n) is 3.65. The Morgan fingerprint density at radius 3 is 2.21 bits per heavy atom. The van der Waals surface area contributed by atoms with E-state index in [1.165, 1.54) is 0 Å². The lowest BCUT2D eigenvalue weighted by atomic mass is 9.86. The van der Waals surface area contributed by atoms with Crippen molar-refractivity contribution in [2.75, 3.05) is 37.9 Å². The van der Waals surface area contributed by atoms with Crippen molar-refractivity contribution < 1.29 is 14.0 Å². The first-order valence-corrected chi connectivity index (χ1v) is 14.8. The molecule has 0 radical (unpaired) electrons. The van der Waals surface area contributed by atoms with E-state index >= 15 is 0 Å². The van der Waals surface area contributed by atoms with Crippen LogP contribution in [0.3, 0.4) is 0 Å². The number of aromatic nitrogens is 1. The number of carbonyl (C=O) groups excluding carboxylic acids is 1. The van der Waals surface area contributed by atoms with E-state index in [0.717, 1.165) is 11.2 Å². The van der Waals surface area contributed by atoms with Crippen molar-refractivity contribution in [1.29, 1.82) is 0 Å². The van der Waals surface area contributed by atoms with E-state index in [2.05, 4.69) is 54.6 Å². The van der Waals surface area contributed by atoms with Crippen LogP contribution in [0, 0.1) is 5.41 Å². The third kappa shape index (κ3) is 5.66. The molecule has 1 atom stereocenters. The van der Waals surface area contributed by atoms with E-state index in [1.54, 1.807) is 19.2 Å². The van der Waals surface area contributed by atoms with Gasteiger partial charge in [-0.05, 0) is 42.6 Å². The van der Waals surface area contributed by atoms with Crippen LogP contribution < -0.4 is 16.1 Å². The lowest BCUT2D eigenvalue weighted by molar-refractivity contribution is 0.0522. The number of pyridine rings is 1. The van der Waals surface area contributed by atoms with Gasteiger partial charge in [-0.25, -0.2) is 4.79 Å². The fourth-order valence-corrected chi connectivity index (χ4v) is 4.66. The number of nitrogen functional groups attached to an aromatic ring is 1. The number of esters is 1. The SMILES string of the molecule is CCOC(=O)c1cn([C@H](CO[Si](C)(C)C(C)(C)C)C(C)(C)C)c2cc(N(C)C)c(N)cc2c1=O. The van der Waals surface area contributed by atoms with E-state index in [4.69, 9.17) is 14.9 Å². The molecule has 1 heterocycles. The van der Waals surface area contributed by atoms with Crippen LogP contribution in [0.25, 0.3) is 10.9 Å². The molecule has 190 valence electrons. The second kappa shape index (κ2) is 9.74. The second-order valence-corrected chi connectivity index (χ2v) is 16.6. The Morgan fingerprint density at radius 2 is 1.74 bits per heavy atom. The summed E-state index contributed by atoms with van der Waals surface area (Å²) < 4.78 is 13.9. The van der Waals surface area contributed by atoms with Crippen molar-refractivity contribution in [3.05, 3.63) is 34.1 Å². The number of fused-ring (bicyclic) bond motifs is 1. The number of anilines is 2. The number of hydrogen-bond acceptors (Lipinski definition) is 6. The van der Waals surface area contributed by atoms with Crippen LogP contribution in [-0.4, -0.2) is 46.2 Å². The van der Waals surface area contributed by atoms with Crippen molar-refractivity contribution in [3.8, 4) is 0 Å². The maximum Gasteiger partial charge on any atom is 0.343 e. The van der Waals surface area contributed by atoms with Gasteiger partial charge in [-0.3, -0.25) is 4.79 Å². The van der Waals surface area contributed by atoms with Crippen LogP contribution in [-0.2, 0) is 9.16 Å². The van der Waals surface area contributed by atoms with E-state index in [9.17, 15) is 9.59 Å². The summed E-state index contributed by atoms with van der Waals surface area (Å²) in [5.41, 5.74) is 7.70. The standard InChI is InChI=1S/C26H43N3O4Si/c1-12-32-24(31)18-15-29(20-14-21(28(8)9)19(27)13-17(20)23(18)30)22(25(2,3)4)16-33-34(10,11)26(5,6)7/h13-15,22H,12,16,27H2,1-11H3/t22-/m1/s1. The summed E-state index contributed by atoms with van der Waals surface area (Å²) in [4.78, 5) is 28.0. The van der Waals surface area contributed by atoms with Crippen LogP contribution >= 0.6 is 0 Å². The minimum atomic E-state index is -2.04. The number of carbonyl (C=O) groups is 1. The zero-order chi connectivity index (χ0) is 26.2. The van der Waals surface area contributed by atoms with Gasteiger partial charge in [0.15, 0.2) is 8.32 Å². The minimum absolute atomic E-state index is 0.00734. The van der Waals surface area contributed by atoms with Crippen molar-refractivity contribution in [3.63, 3.8) is 0 Å². The number of benzene rings is 1. The molecule has 7 nitrogen and oxygen atoms in total. The van der Waals surface area contributed by atoms with Crippen LogP contribution in [0.1, 0.15) is 64.9 Å². The zero-order valence-corrected chi connectivity index (χ0v) is 23.8. The predicted molar refractivity (Wildman–Crippen MR) is 145 cm³/mol. The van der Waals surface area contributed by atoms with Gasteiger partial charge in [0.1, 0.15) is 5.56 Å². The van der Waals surface area contributed by atoms with Crippen LogP contribution in [0.2, 0.25) is 18.1 Å². The molecule has 0 fully saturated rings. The molecular weight excluding hydrogens is 446 g/mol. The Balaban J connectivity index is 2.85. The van der Waals surface area contributed by atoms with Gasteiger partial charge in [0.05, 0.1) is 36.1 Å². The second-order valence-electron chi connectivity index (χ2n) is 11.8. The first kappa shape index (κ1) is 27.9. The van der Waals surface area contributed by atoms with Gasteiger partial charge >= 0.3 is 5.97 Å². The Bertz CT molecular complexity index is 1110. The molecule has 0 bridgehead atoms. The molecule has 2 rings (SSSR count). The number of ether oxygens (including phenoxy) is 1. The molecule has 8 heteroatoms. The quantitative estimate of drug-likeness (QED) is 0.317. The van der Waals surface area contributed by atoms with E-state index in [1.807, 2.05) is 29.6 Å². The fraction of sp³-hybridized carbons (Fsp3) is 0.615. The van der Waals surface area contributed by atoms with Crippen LogP contribution in [0.5, 0.6) is 0 Å². The van der Waals surface area contributed by atoms with Crippen molar-refractivity contribution in [2.45, 2.75) is 72.6 Å². The van der Waals surface area contributed by atoms with Gasteiger partial charge < -0.3 is 24.4 Å². The molecule has 0 unspecified atom stereocenters. The summed E-state index contributed by atoms with van der Waals surface area (Å²) in [7, 11) is 1.78. The molecule has 2 aromatic rings. The monoisotopic (exact) mass is 489 g/mol. The van der Waals surface area contributed by atoms with E-state index in [0.29, 0.717) is 17.7 Å².